The van der Waals surface area contributed by atoms with Gasteiger partial charge in [0.1, 0.15) is 0 Å². The van der Waals surface area contributed by atoms with Crippen LogP contribution in [-0.2, 0) is 14.2 Å². The van der Waals surface area contributed by atoms with Gasteiger partial charge in [-0.2, -0.15) is 0 Å². The number of ether oxygens (including phenoxy) is 3. The molecule has 0 amide bonds. The highest BCUT2D eigenvalue weighted by molar-refractivity contribution is 4.92. The van der Waals surface area contributed by atoms with Crippen molar-refractivity contribution in [2.75, 3.05) is 40.1 Å². The lowest BCUT2D eigenvalue weighted by Gasteiger charge is -2.45. The lowest BCUT2D eigenvalue weighted by molar-refractivity contribution is -0.150. The molecule has 2 atom stereocenters. The fourth-order valence-corrected chi connectivity index (χ4v) is 3.58. The summed E-state index contributed by atoms with van der Waals surface area (Å²) < 4.78 is 17.0. The second-order valence-electron chi connectivity index (χ2n) is 6.24. The van der Waals surface area contributed by atoms with E-state index in [1.807, 2.05) is 0 Å². The van der Waals surface area contributed by atoms with Gasteiger partial charge in [-0.3, -0.25) is 0 Å². The first-order chi connectivity index (χ1) is 9.79. The zero-order valence-electron chi connectivity index (χ0n) is 13.2. The Morgan fingerprint density at radius 1 is 1.30 bits per heavy atom. The van der Waals surface area contributed by atoms with Crippen LogP contribution >= 0.6 is 0 Å². The Balaban J connectivity index is 1.92. The van der Waals surface area contributed by atoms with Crippen molar-refractivity contribution in [3.63, 3.8) is 0 Å². The summed E-state index contributed by atoms with van der Waals surface area (Å²) in [6.45, 7) is 6.79. The average Bonchev–Trinajstić information content (AvgIpc) is 2.48. The second kappa shape index (κ2) is 8.32. The van der Waals surface area contributed by atoms with Crippen molar-refractivity contribution in [2.45, 2.75) is 57.1 Å². The van der Waals surface area contributed by atoms with Crippen molar-refractivity contribution >= 4 is 0 Å². The van der Waals surface area contributed by atoms with Crippen molar-refractivity contribution in [1.82, 2.24) is 5.32 Å². The molecule has 0 aromatic heterocycles. The van der Waals surface area contributed by atoms with E-state index in [0.29, 0.717) is 12.0 Å². The maximum absolute atomic E-state index is 6.16. The normalized spacial score (nSPS) is 27.6. The van der Waals surface area contributed by atoms with Crippen molar-refractivity contribution in [3.8, 4) is 0 Å². The van der Waals surface area contributed by atoms with E-state index < -0.39 is 0 Å². The summed E-state index contributed by atoms with van der Waals surface area (Å²) in [5.41, 5.74) is 0.0976. The molecule has 0 aliphatic carbocycles. The van der Waals surface area contributed by atoms with Gasteiger partial charge >= 0.3 is 0 Å². The Bertz CT molecular complexity index is 253. The predicted octanol–water partition coefficient (Wildman–Crippen LogP) is 2.37. The number of hydrogen-bond acceptors (Lipinski definition) is 4. The van der Waals surface area contributed by atoms with Gasteiger partial charge in [0.25, 0.3) is 0 Å². The van der Waals surface area contributed by atoms with Crippen molar-refractivity contribution in [1.29, 1.82) is 0 Å². The predicted molar refractivity (Wildman–Crippen MR) is 80.0 cm³/mol. The van der Waals surface area contributed by atoms with Gasteiger partial charge in [-0.1, -0.05) is 6.92 Å². The molecule has 4 nitrogen and oxygen atoms in total. The van der Waals surface area contributed by atoms with Gasteiger partial charge in [0.2, 0.25) is 0 Å². The van der Waals surface area contributed by atoms with E-state index in [-0.39, 0.29) is 5.60 Å². The van der Waals surface area contributed by atoms with E-state index in [2.05, 4.69) is 12.2 Å². The minimum absolute atomic E-state index is 0.0976. The van der Waals surface area contributed by atoms with Gasteiger partial charge in [0.15, 0.2) is 0 Å². The highest BCUT2D eigenvalue weighted by Crippen LogP contribution is 2.38. The highest BCUT2D eigenvalue weighted by atomic mass is 16.5. The van der Waals surface area contributed by atoms with Crippen LogP contribution in [-0.4, -0.2) is 51.7 Å². The van der Waals surface area contributed by atoms with Crippen molar-refractivity contribution in [2.24, 2.45) is 5.92 Å². The Morgan fingerprint density at radius 2 is 2.10 bits per heavy atom. The second-order valence-corrected chi connectivity index (χ2v) is 6.24. The van der Waals surface area contributed by atoms with Crippen LogP contribution in [0.5, 0.6) is 0 Å². The summed E-state index contributed by atoms with van der Waals surface area (Å²) in [6, 6.07) is 0.568. The monoisotopic (exact) mass is 285 g/mol. The van der Waals surface area contributed by atoms with E-state index >= 15 is 0 Å². The van der Waals surface area contributed by atoms with E-state index in [9.17, 15) is 0 Å². The molecule has 2 fully saturated rings. The third-order valence-electron chi connectivity index (χ3n) is 4.79. The van der Waals surface area contributed by atoms with Gasteiger partial charge in [0, 0.05) is 39.6 Å². The molecule has 1 spiro atoms. The molecule has 0 bridgehead atoms. The maximum atomic E-state index is 6.16. The van der Waals surface area contributed by atoms with Crippen LogP contribution in [0.3, 0.4) is 0 Å². The Labute approximate surface area is 123 Å². The Kier molecular flexibility index (Phi) is 6.75. The van der Waals surface area contributed by atoms with E-state index in [0.717, 1.165) is 52.2 Å². The molecule has 20 heavy (non-hydrogen) atoms. The lowest BCUT2D eigenvalue weighted by Crippen LogP contribution is -2.49. The van der Waals surface area contributed by atoms with Crippen LogP contribution in [0.4, 0.5) is 0 Å². The molecule has 4 heteroatoms. The van der Waals surface area contributed by atoms with Crippen LogP contribution in [0.25, 0.3) is 0 Å². The van der Waals surface area contributed by atoms with E-state index in [1.54, 1.807) is 7.11 Å². The number of hydrogen-bond donors (Lipinski definition) is 1. The van der Waals surface area contributed by atoms with Gasteiger partial charge in [-0.15, -0.1) is 0 Å². The molecule has 2 saturated heterocycles. The average molecular weight is 285 g/mol. The van der Waals surface area contributed by atoms with Crippen LogP contribution in [0.2, 0.25) is 0 Å². The fraction of sp³-hybridized carbons (Fsp3) is 1.00. The zero-order chi connectivity index (χ0) is 14.3. The van der Waals surface area contributed by atoms with Gasteiger partial charge in [-0.05, 0) is 51.0 Å². The standard InChI is InChI=1S/C16H31NO3/c1-3-8-17-15(5-9-18-2)14-4-10-20-16(13-14)6-11-19-12-7-16/h14-15,17H,3-13H2,1-2H3. The number of rotatable bonds is 7. The number of methoxy groups -OCH3 is 1. The molecular formula is C16H31NO3. The Hall–Kier alpha value is -0.160. The van der Waals surface area contributed by atoms with Crippen molar-refractivity contribution < 1.29 is 14.2 Å². The van der Waals surface area contributed by atoms with E-state index in [4.69, 9.17) is 14.2 Å². The molecule has 1 N–H and O–H groups in total. The van der Waals surface area contributed by atoms with E-state index in [1.165, 1.54) is 19.3 Å². The SMILES string of the molecule is CCCNC(CCOC)C1CCOC2(CCOCC2)C1. The first kappa shape index (κ1) is 16.2. The molecule has 2 aliphatic rings. The Morgan fingerprint density at radius 3 is 2.80 bits per heavy atom. The first-order valence-electron chi connectivity index (χ1n) is 8.24. The first-order valence-corrected chi connectivity index (χ1v) is 8.24. The molecule has 0 aromatic carbocycles. The smallest absolute Gasteiger partial charge is 0.0729 e. The quantitative estimate of drug-likeness (QED) is 0.779. The van der Waals surface area contributed by atoms with Gasteiger partial charge in [-0.25, -0.2) is 0 Å². The van der Waals surface area contributed by atoms with Crippen LogP contribution in [0.1, 0.15) is 45.4 Å². The molecule has 0 aromatic rings. The summed E-state index contributed by atoms with van der Waals surface area (Å²) in [5, 5.41) is 3.73. The minimum Gasteiger partial charge on any atom is -0.385 e. The molecule has 118 valence electrons. The molecule has 2 rings (SSSR count). The van der Waals surface area contributed by atoms with Gasteiger partial charge in [0.05, 0.1) is 5.60 Å². The third-order valence-corrected chi connectivity index (χ3v) is 4.79. The minimum atomic E-state index is 0.0976. The molecule has 0 radical (unpaired) electrons. The molecule has 0 saturated carbocycles. The summed E-state index contributed by atoms with van der Waals surface area (Å²) in [6.07, 6.45) is 6.77. The highest BCUT2D eigenvalue weighted by Gasteiger charge is 2.40. The zero-order valence-corrected chi connectivity index (χ0v) is 13.2. The van der Waals surface area contributed by atoms with Crippen LogP contribution < -0.4 is 5.32 Å². The summed E-state index contributed by atoms with van der Waals surface area (Å²) in [5.74, 6) is 0.712. The molecular weight excluding hydrogens is 254 g/mol. The summed E-state index contributed by atoms with van der Waals surface area (Å²) in [7, 11) is 1.79. The van der Waals surface area contributed by atoms with Crippen LogP contribution in [0, 0.1) is 5.92 Å². The maximum Gasteiger partial charge on any atom is 0.0729 e. The number of nitrogens with one attached hydrogen (secondary N) is 1. The largest absolute Gasteiger partial charge is 0.385 e. The third kappa shape index (κ3) is 4.42. The molecule has 2 heterocycles. The summed E-state index contributed by atoms with van der Waals surface area (Å²) >= 11 is 0. The fourth-order valence-electron chi connectivity index (χ4n) is 3.58. The summed E-state index contributed by atoms with van der Waals surface area (Å²) in [4.78, 5) is 0. The molecule has 2 aliphatic heterocycles. The van der Waals surface area contributed by atoms with Crippen LogP contribution in [0.15, 0.2) is 0 Å². The lowest BCUT2D eigenvalue weighted by atomic mass is 9.77. The van der Waals surface area contributed by atoms with Crippen molar-refractivity contribution in [3.05, 3.63) is 0 Å². The molecule has 2 unspecified atom stereocenters. The van der Waals surface area contributed by atoms with Gasteiger partial charge < -0.3 is 19.5 Å². The topological polar surface area (TPSA) is 39.7 Å².